The molecule has 3 atom stereocenters. The number of hydrogen-bond acceptors (Lipinski definition) is 2. The summed E-state index contributed by atoms with van der Waals surface area (Å²) in [5, 5.41) is 11.5. The molecule has 2 fully saturated rings. The standard InChI is InChI=1S/C19H26O2/c1-21-17-9-5-11-18(17)10-4-8-16(18)19(20)12-14-6-2-3-7-15(14)13-19/h2-3,6-7,16-17,20H,4-5,8-13H2,1H3/t16-,17-,18-/m1/s1. The zero-order chi connectivity index (χ0) is 14.5. The predicted molar refractivity (Wildman–Crippen MR) is 83.2 cm³/mol. The van der Waals surface area contributed by atoms with Crippen LogP contribution in [0.5, 0.6) is 0 Å². The topological polar surface area (TPSA) is 29.5 Å². The third-order valence-corrected chi connectivity index (χ3v) is 6.62. The molecule has 3 aliphatic rings. The van der Waals surface area contributed by atoms with Crippen molar-refractivity contribution in [3.63, 3.8) is 0 Å². The van der Waals surface area contributed by atoms with Gasteiger partial charge in [0.15, 0.2) is 0 Å². The minimum Gasteiger partial charge on any atom is -0.389 e. The van der Waals surface area contributed by atoms with Crippen LogP contribution >= 0.6 is 0 Å². The van der Waals surface area contributed by atoms with Crippen LogP contribution in [0, 0.1) is 11.3 Å². The molecule has 114 valence electrons. The summed E-state index contributed by atoms with van der Waals surface area (Å²) in [6, 6.07) is 8.58. The van der Waals surface area contributed by atoms with Crippen LogP contribution in [0.4, 0.5) is 0 Å². The molecule has 0 saturated heterocycles. The molecule has 0 heterocycles. The lowest BCUT2D eigenvalue weighted by molar-refractivity contribution is -0.0995. The van der Waals surface area contributed by atoms with Gasteiger partial charge >= 0.3 is 0 Å². The molecule has 0 unspecified atom stereocenters. The number of ether oxygens (including phenoxy) is 1. The van der Waals surface area contributed by atoms with Crippen LogP contribution in [0.1, 0.15) is 49.7 Å². The van der Waals surface area contributed by atoms with Gasteiger partial charge in [0.25, 0.3) is 0 Å². The molecule has 1 N–H and O–H groups in total. The first-order chi connectivity index (χ1) is 10.2. The largest absolute Gasteiger partial charge is 0.389 e. The number of aliphatic hydroxyl groups is 1. The van der Waals surface area contributed by atoms with E-state index in [-0.39, 0.29) is 5.41 Å². The Morgan fingerprint density at radius 1 is 1.05 bits per heavy atom. The van der Waals surface area contributed by atoms with E-state index in [0.717, 1.165) is 12.8 Å². The predicted octanol–water partition coefficient (Wildman–Crippen LogP) is 3.50. The monoisotopic (exact) mass is 286 g/mol. The lowest BCUT2D eigenvalue weighted by Gasteiger charge is -2.44. The van der Waals surface area contributed by atoms with Crippen LogP contribution in [-0.2, 0) is 17.6 Å². The third-order valence-electron chi connectivity index (χ3n) is 6.62. The SMILES string of the molecule is CO[C@@H]1CCC[C@@]12CCC[C@H]2C1(O)Cc2ccccc2C1. The summed E-state index contributed by atoms with van der Waals surface area (Å²) < 4.78 is 5.85. The van der Waals surface area contributed by atoms with Gasteiger partial charge in [-0.2, -0.15) is 0 Å². The minimum atomic E-state index is -0.540. The van der Waals surface area contributed by atoms with E-state index in [1.165, 1.54) is 49.7 Å². The molecule has 2 saturated carbocycles. The fourth-order valence-electron chi connectivity index (χ4n) is 5.87. The highest BCUT2D eigenvalue weighted by Gasteiger charge is 2.59. The molecule has 2 heteroatoms. The molecule has 0 amide bonds. The van der Waals surface area contributed by atoms with Crippen LogP contribution in [0.15, 0.2) is 24.3 Å². The molecular formula is C19H26O2. The summed E-state index contributed by atoms with van der Waals surface area (Å²) in [7, 11) is 1.86. The smallest absolute Gasteiger partial charge is 0.0762 e. The van der Waals surface area contributed by atoms with E-state index in [0.29, 0.717) is 12.0 Å². The first-order valence-corrected chi connectivity index (χ1v) is 8.50. The van der Waals surface area contributed by atoms with E-state index in [2.05, 4.69) is 24.3 Å². The zero-order valence-corrected chi connectivity index (χ0v) is 13.0. The van der Waals surface area contributed by atoms with Crippen LogP contribution < -0.4 is 0 Å². The van der Waals surface area contributed by atoms with E-state index in [9.17, 15) is 5.11 Å². The van der Waals surface area contributed by atoms with Crippen molar-refractivity contribution in [1.82, 2.24) is 0 Å². The van der Waals surface area contributed by atoms with Gasteiger partial charge in [0, 0.05) is 25.4 Å². The first-order valence-electron chi connectivity index (χ1n) is 8.50. The van der Waals surface area contributed by atoms with E-state index in [4.69, 9.17) is 4.74 Å². The lowest BCUT2D eigenvalue weighted by atomic mass is 9.66. The summed E-state index contributed by atoms with van der Waals surface area (Å²) in [4.78, 5) is 0. The van der Waals surface area contributed by atoms with Crippen LogP contribution in [0.2, 0.25) is 0 Å². The fourth-order valence-corrected chi connectivity index (χ4v) is 5.87. The average Bonchev–Trinajstić information content (AvgIpc) is 3.16. The van der Waals surface area contributed by atoms with Crippen molar-refractivity contribution in [2.45, 2.75) is 63.1 Å². The maximum atomic E-state index is 11.5. The van der Waals surface area contributed by atoms with E-state index in [1.54, 1.807) is 0 Å². The van der Waals surface area contributed by atoms with Gasteiger partial charge < -0.3 is 9.84 Å². The highest BCUT2D eigenvalue weighted by atomic mass is 16.5. The number of hydrogen-bond donors (Lipinski definition) is 1. The molecule has 21 heavy (non-hydrogen) atoms. The fraction of sp³-hybridized carbons (Fsp3) is 0.684. The average molecular weight is 286 g/mol. The van der Waals surface area contributed by atoms with Gasteiger partial charge in [-0.3, -0.25) is 0 Å². The van der Waals surface area contributed by atoms with Crippen molar-refractivity contribution in [3.05, 3.63) is 35.4 Å². The van der Waals surface area contributed by atoms with Crippen molar-refractivity contribution in [3.8, 4) is 0 Å². The van der Waals surface area contributed by atoms with Gasteiger partial charge in [0.05, 0.1) is 11.7 Å². The molecule has 1 aromatic rings. The van der Waals surface area contributed by atoms with Gasteiger partial charge in [0.1, 0.15) is 0 Å². The Bertz CT molecular complexity index is 509. The van der Waals surface area contributed by atoms with E-state index in [1.807, 2.05) is 7.11 Å². The van der Waals surface area contributed by atoms with Gasteiger partial charge in [-0.25, -0.2) is 0 Å². The maximum absolute atomic E-state index is 11.5. The Morgan fingerprint density at radius 2 is 1.67 bits per heavy atom. The summed E-state index contributed by atoms with van der Waals surface area (Å²) in [6.45, 7) is 0. The second-order valence-corrected chi connectivity index (χ2v) is 7.52. The molecule has 1 spiro atoms. The maximum Gasteiger partial charge on any atom is 0.0762 e. The minimum absolute atomic E-state index is 0.242. The summed E-state index contributed by atoms with van der Waals surface area (Å²) in [5.74, 6) is 0.407. The van der Waals surface area contributed by atoms with Gasteiger partial charge in [-0.15, -0.1) is 0 Å². The van der Waals surface area contributed by atoms with Crippen molar-refractivity contribution in [2.75, 3.05) is 7.11 Å². The number of fused-ring (bicyclic) bond motifs is 1. The van der Waals surface area contributed by atoms with Crippen LogP contribution in [0.3, 0.4) is 0 Å². The molecule has 0 radical (unpaired) electrons. The van der Waals surface area contributed by atoms with Crippen LogP contribution in [-0.4, -0.2) is 23.9 Å². The number of rotatable bonds is 2. The Hall–Kier alpha value is -0.860. The number of benzene rings is 1. The van der Waals surface area contributed by atoms with E-state index < -0.39 is 5.60 Å². The normalized spacial score (nSPS) is 37.2. The second-order valence-electron chi connectivity index (χ2n) is 7.52. The Balaban J connectivity index is 1.67. The zero-order valence-electron chi connectivity index (χ0n) is 13.0. The van der Waals surface area contributed by atoms with Gasteiger partial charge in [-0.05, 0) is 42.7 Å². The molecule has 2 nitrogen and oxygen atoms in total. The van der Waals surface area contributed by atoms with Gasteiger partial charge in [-0.1, -0.05) is 37.1 Å². The quantitative estimate of drug-likeness (QED) is 0.901. The Morgan fingerprint density at radius 3 is 2.29 bits per heavy atom. The van der Waals surface area contributed by atoms with Crippen molar-refractivity contribution in [1.29, 1.82) is 0 Å². The second kappa shape index (κ2) is 4.82. The van der Waals surface area contributed by atoms with E-state index >= 15 is 0 Å². The molecule has 0 bridgehead atoms. The molecule has 0 aliphatic heterocycles. The summed E-state index contributed by atoms with van der Waals surface area (Å²) >= 11 is 0. The summed E-state index contributed by atoms with van der Waals surface area (Å²) in [5.41, 5.74) is 2.41. The van der Waals surface area contributed by atoms with Gasteiger partial charge in [0.2, 0.25) is 0 Å². The lowest BCUT2D eigenvalue weighted by Crippen LogP contribution is -2.49. The highest BCUT2D eigenvalue weighted by Crippen LogP contribution is 2.60. The van der Waals surface area contributed by atoms with Crippen molar-refractivity contribution < 1.29 is 9.84 Å². The molecule has 1 aromatic carbocycles. The molecular weight excluding hydrogens is 260 g/mol. The van der Waals surface area contributed by atoms with Crippen molar-refractivity contribution >= 4 is 0 Å². The Kier molecular flexibility index (Phi) is 3.16. The first kappa shape index (κ1) is 13.8. The summed E-state index contributed by atoms with van der Waals surface area (Å²) in [6.07, 6.45) is 9.39. The van der Waals surface area contributed by atoms with Crippen molar-refractivity contribution in [2.24, 2.45) is 11.3 Å². The van der Waals surface area contributed by atoms with Crippen LogP contribution in [0.25, 0.3) is 0 Å². The Labute approximate surface area is 127 Å². The molecule has 3 aliphatic carbocycles. The highest BCUT2D eigenvalue weighted by molar-refractivity contribution is 5.36. The molecule has 0 aromatic heterocycles. The third kappa shape index (κ3) is 1.92. The molecule has 4 rings (SSSR count). The number of methoxy groups -OCH3 is 1.